The quantitative estimate of drug-likeness (QED) is 0.509. The van der Waals surface area contributed by atoms with Crippen molar-refractivity contribution in [3.05, 3.63) is 63.2 Å². The number of hydrogen-bond donors (Lipinski definition) is 0. The van der Waals surface area contributed by atoms with Crippen LogP contribution in [0.4, 0.5) is 11.4 Å². The van der Waals surface area contributed by atoms with Gasteiger partial charge in [-0.25, -0.2) is 8.42 Å². The fourth-order valence-electron chi connectivity index (χ4n) is 3.30. The molecule has 0 amide bonds. The van der Waals surface area contributed by atoms with Gasteiger partial charge in [0.25, 0.3) is 5.69 Å². The molecule has 3 rings (SSSR count). The fraction of sp³-hybridized carbons (Fsp3) is 0.368. The molecule has 0 aromatic heterocycles. The summed E-state index contributed by atoms with van der Waals surface area (Å²) in [4.78, 5) is 14.8. The molecular formula is C19H23ClN4O4S. The summed E-state index contributed by atoms with van der Waals surface area (Å²) >= 11 is 6.01. The van der Waals surface area contributed by atoms with Gasteiger partial charge in [-0.1, -0.05) is 23.7 Å². The number of sulfonamides is 1. The summed E-state index contributed by atoms with van der Waals surface area (Å²) < 4.78 is 27.2. The van der Waals surface area contributed by atoms with Crippen molar-refractivity contribution < 1.29 is 13.3 Å². The van der Waals surface area contributed by atoms with Crippen molar-refractivity contribution in [3.8, 4) is 0 Å². The molecule has 2 aromatic carbocycles. The van der Waals surface area contributed by atoms with E-state index in [2.05, 4.69) is 0 Å². The molecule has 0 atom stereocenters. The number of benzene rings is 2. The zero-order chi connectivity index (χ0) is 21.2. The Morgan fingerprint density at radius 1 is 1.14 bits per heavy atom. The van der Waals surface area contributed by atoms with E-state index in [9.17, 15) is 18.5 Å². The molecule has 1 aliphatic heterocycles. The van der Waals surface area contributed by atoms with Gasteiger partial charge in [0.15, 0.2) is 0 Å². The van der Waals surface area contributed by atoms with Crippen molar-refractivity contribution in [2.45, 2.75) is 11.4 Å². The first-order valence-corrected chi connectivity index (χ1v) is 10.9. The number of rotatable bonds is 6. The van der Waals surface area contributed by atoms with Crippen LogP contribution in [0, 0.1) is 10.1 Å². The molecule has 10 heteroatoms. The van der Waals surface area contributed by atoms with E-state index >= 15 is 0 Å². The van der Waals surface area contributed by atoms with Crippen LogP contribution in [0.5, 0.6) is 0 Å². The van der Waals surface area contributed by atoms with E-state index in [1.807, 2.05) is 24.1 Å². The Morgan fingerprint density at radius 3 is 2.45 bits per heavy atom. The van der Waals surface area contributed by atoms with Crippen molar-refractivity contribution in [2.24, 2.45) is 0 Å². The zero-order valence-electron chi connectivity index (χ0n) is 16.3. The van der Waals surface area contributed by atoms with Crippen LogP contribution in [0.25, 0.3) is 0 Å². The number of hydrogen-bond acceptors (Lipinski definition) is 6. The monoisotopic (exact) mass is 438 g/mol. The number of nitrogens with zero attached hydrogens (tertiary/aromatic N) is 4. The topological polar surface area (TPSA) is 87.0 Å². The molecule has 29 heavy (non-hydrogen) atoms. The molecule has 1 aliphatic rings. The summed E-state index contributed by atoms with van der Waals surface area (Å²) in [7, 11) is -0.132. The molecule has 8 nitrogen and oxygen atoms in total. The van der Waals surface area contributed by atoms with Gasteiger partial charge >= 0.3 is 0 Å². The lowest BCUT2D eigenvalue weighted by atomic mass is 10.2. The second-order valence-corrected chi connectivity index (χ2v) is 9.48. The van der Waals surface area contributed by atoms with Crippen molar-refractivity contribution in [2.75, 3.05) is 45.2 Å². The summed E-state index contributed by atoms with van der Waals surface area (Å²) in [5.41, 5.74) is 0.987. The minimum atomic E-state index is -3.78. The van der Waals surface area contributed by atoms with Gasteiger partial charge in [0, 0.05) is 50.9 Å². The number of nitro groups is 1. The van der Waals surface area contributed by atoms with Crippen LogP contribution in [0.15, 0.2) is 47.4 Å². The predicted octanol–water partition coefficient (Wildman–Crippen LogP) is 2.82. The molecule has 0 bridgehead atoms. The zero-order valence-corrected chi connectivity index (χ0v) is 17.9. The highest BCUT2D eigenvalue weighted by atomic mass is 35.5. The Bertz CT molecular complexity index is 1010. The molecule has 1 fully saturated rings. The second kappa shape index (κ2) is 8.66. The van der Waals surface area contributed by atoms with E-state index < -0.39 is 14.9 Å². The largest absolute Gasteiger partial charge is 0.365 e. The standard InChI is InChI=1S/C19H23ClN4O4S/c1-21-8-10-23(11-9-21)29(27,28)17-6-7-18(19(13-17)24(25)26)22(2)14-15-4-3-5-16(20)12-15/h3-7,12-13H,8-11,14H2,1-2H3. The van der Waals surface area contributed by atoms with Crippen LogP contribution in [-0.2, 0) is 16.6 Å². The van der Waals surface area contributed by atoms with E-state index in [0.29, 0.717) is 43.4 Å². The van der Waals surface area contributed by atoms with Crippen LogP contribution in [0.1, 0.15) is 5.56 Å². The SMILES string of the molecule is CN1CCN(S(=O)(=O)c2ccc(N(C)Cc3cccc(Cl)c3)c([N+](=O)[O-])c2)CC1. The van der Waals surface area contributed by atoms with Gasteiger partial charge in [-0.05, 0) is 36.9 Å². The average Bonchev–Trinajstić information content (AvgIpc) is 2.67. The van der Waals surface area contributed by atoms with Gasteiger partial charge < -0.3 is 9.80 Å². The summed E-state index contributed by atoms with van der Waals surface area (Å²) in [6.45, 7) is 2.38. The fourth-order valence-corrected chi connectivity index (χ4v) is 4.96. The summed E-state index contributed by atoms with van der Waals surface area (Å²) in [6.07, 6.45) is 0. The molecule has 0 radical (unpaired) electrons. The second-order valence-electron chi connectivity index (χ2n) is 7.10. The van der Waals surface area contributed by atoms with E-state index in [1.54, 1.807) is 24.1 Å². The maximum Gasteiger partial charge on any atom is 0.293 e. The molecule has 0 unspecified atom stereocenters. The van der Waals surface area contributed by atoms with Gasteiger partial charge in [-0.2, -0.15) is 4.31 Å². The van der Waals surface area contributed by atoms with Gasteiger partial charge in [0.05, 0.1) is 9.82 Å². The van der Waals surface area contributed by atoms with E-state index in [4.69, 9.17) is 11.6 Å². The molecule has 0 saturated carbocycles. The Morgan fingerprint density at radius 2 is 1.83 bits per heavy atom. The lowest BCUT2D eigenvalue weighted by Crippen LogP contribution is -2.47. The molecule has 2 aromatic rings. The molecule has 1 heterocycles. The third-order valence-electron chi connectivity index (χ3n) is 4.96. The Labute approximate surface area is 175 Å². The van der Waals surface area contributed by atoms with Crippen molar-refractivity contribution in [1.82, 2.24) is 9.21 Å². The Hall–Kier alpha value is -2.20. The summed E-state index contributed by atoms with van der Waals surface area (Å²) in [5.74, 6) is 0. The minimum Gasteiger partial charge on any atom is -0.365 e. The molecule has 0 spiro atoms. The number of anilines is 1. The minimum absolute atomic E-state index is 0.0614. The highest BCUT2D eigenvalue weighted by Gasteiger charge is 2.30. The van der Waals surface area contributed by atoms with Crippen LogP contribution in [0.3, 0.4) is 0 Å². The van der Waals surface area contributed by atoms with Crippen molar-refractivity contribution in [3.63, 3.8) is 0 Å². The lowest BCUT2D eigenvalue weighted by molar-refractivity contribution is -0.384. The first-order valence-electron chi connectivity index (χ1n) is 9.11. The number of likely N-dealkylation sites (N-methyl/N-ethyl adjacent to an activating group) is 1. The number of halogens is 1. The Kier molecular flexibility index (Phi) is 6.42. The maximum atomic E-state index is 12.9. The number of piperazine rings is 1. The lowest BCUT2D eigenvalue weighted by Gasteiger charge is -2.31. The highest BCUT2D eigenvalue weighted by molar-refractivity contribution is 7.89. The van der Waals surface area contributed by atoms with Crippen LogP contribution in [0.2, 0.25) is 5.02 Å². The van der Waals surface area contributed by atoms with Crippen LogP contribution in [-0.4, -0.2) is 62.8 Å². The van der Waals surface area contributed by atoms with Crippen molar-refractivity contribution >= 4 is 33.0 Å². The molecule has 1 saturated heterocycles. The molecular weight excluding hydrogens is 416 g/mol. The predicted molar refractivity (Wildman–Crippen MR) is 113 cm³/mol. The third kappa shape index (κ3) is 4.87. The Balaban J connectivity index is 1.90. The summed E-state index contributed by atoms with van der Waals surface area (Å²) in [6, 6.07) is 11.3. The van der Waals surface area contributed by atoms with E-state index in [-0.39, 0.29) is 10.6 Å². The van der Waals surface area contributed by atoms with Gasteiger partial charge in [0.2, 0.25) is 10.0 Å². The van der Waals surface area contributed by atoms with Gasteiger partial charge in [0.1, 0.15) is 5.69 Å². The third-order valence-corrected chi connectivity index (χ3v) is 7.09. The molecule has 0 N–H and O–H groups in total. The van der Waals surface area contributed by atoms with Crippen LogP contribution < -0.4 is 4.90 Å². The van der Waals surface area contributed by atoms with E-state index in [0.717, 1.165) is 11.6 Å². The smallest absolute Gasteiger partial charge is 0.293 e. The molecule has 156 valence electrons. The van der Waals surface area contributed by atoms with E-state index in [1.165, 1.54) is 16.4 Å². The average molecular weight is 439 g/mol. The van der Waals surface area contributed by atoms with Crippen molar-refractivity contribution in [1.29, 1.82) is 0 Å². The first-order chi connectivity index (χ1) is 13.7. The molecule has 0 aliphatic carbocycles. The normalized spacial score (nSPS) is 16.0. The highest BCUT2D eigenvalue weighted by Crippen LogP contribution is 2.32. The maximum absolute atomic E-state index is 12.9. The first kappa shape index (κ1) is 21.5. The summed E-state index contributed by atoms with van der Waals surface area (Å²) in [5, 5.41) is 12.3. The van der Waals surface area contributed by atoms with Crippen LogP contribution >= 0.6 is 11.6 Å². The number of nitro benzene ring substituents is 1. The van der Waals surface area contributed by atoms with Gasteiger partial charge in [-0.15, -0.1) is 0 Å². The van der Waals surface area contributed by atoms with Gasteiger partial charge in [-0.3, -0.25) is 10.1 Å².